The number of aromatic hydroxyl groups is 1. The van der Waals surface area contributed by atoms with Crippen LogP contribution in [0.5, 0.6) is 11.5 Å². The summed E-state index contributed by atoms with van der Waals surface area (Å²) in [6.07, 6.45) is 0. The maximum absolute atomic E-state index is 11.1. The molecule has 0 radical (unpaired) electrons. The van der Waals surface area contributed by atoms with Crippen LogP contribution in [0.3, 0.4) is 0 Å². The maximum atomic E-state index is 11.1. The molecule has 0 fully saturated rings. The molecule has 1 unspecified atom stereocenters. The van der Waals surface area contributed by atoms with Crippen molar-refractivity contribution in [2.45, 2.75) is 11.8 Å². The van der Waals surface area contributed by atoms with Crippen molar-refractivity contribution < 1.29 is 14.6 Å². The molecule has 1 N–H and O–H groups in total. The molecular formula is C9H9BrO3. The topological polar surface area (TPSA) is 46.5 Å². The zero-order valence-corrected chi connectivity index (χ0v) is 8.61. The Morgan fingerprint density at radius 2 is 2.31 bits per heavy atom. The molecule has 0 aliphatic rings. The van der Waals surface area contributed by atoms with E-state index in [4.69, 9.17) is 9.84 Å². The molecule has 0 aromatic heterocycles. The number of carbonyl (C=O) groups is 1. The Morgan fingerprint density at radius 3 is 2.85 bits per heavy atom. The second kappa shape index (κ2) is 4.28. The van der Waals surface area contributed by atoms with Crippen molar-refractivity contribution in [2.24, 2.45) is 0 Å². The molecule has 0 amide bonds. The summed E-state index contributed by atoms with van der Waals surface area (Å²) in [5.74, 6) is 0.0365. The summed E-state index contributed by atoms with van der Waals surface area (Å²) < 4.78 is 4.91. The Kier molecular flexibility index (Phi) is 3.31. The first kappa shape index (κ1) is 10.1. The minimum absolute atomic E-state index is 0.0764. The number of hydrogen-bond donors (Lipinski definition) is 1. The molecule has 0 saturated heterocycles. The number of ether oxygens (including phenoxy) is 1. The van der Waals surface area contributed by atoms with Gasteiger partial charge in [-0.25, -0.2) is 0 Å². The number of phenolic OH excluding ortho intramolecular Hbond substituents is 1. The van der Waals surface area contributed by atoms with Crippen LogP contribution in [-0.4, -0.2) is 15.9 Å². The number of rotatable bonds is 2. The molecule has 0 aliphatic heterocycles. The maximum Gasteiger partial charge on any atom is 0.324 e. The van der Waals surface area contributed by atoms with Gasteiger partial charge in [-0.05, 0) is 19.1 Å². The molecule has 0 heterocycles. The zero-order chi connectivity index (χ0) is 9.84. The lowest BCUT2D eigenvalue weighted by Gasteiger charge is -2.05. The third-order valence-electron chi connectivity index (χ3n) is 1.36. The SMILES string of the molecule is CC(Br)C(=O)Oc1cccc(O)c1. The average molecular weight is 245 g/mol. The van der Waals surface area contributed by atoms with Crippen LogP contribution in [0.2, 0.25) is 0 Å². The van der Waals surface area contributed by atoms with Crippen molar-refractivity contribution in [1.29, 1.82) is 0 Å². The monoisotopic (exact) mass is 244 g/mol. The van der Waals surface area contributed by atoms with E-state index in [1.165, 1.54) is 12.1 Å². The van der Waals surface area contributed by atoms with Crippen molar-refractivity contribution in [3.05, 3.63) is 24.3 Å². The van der Waals surface area contributed by atoms with Crippen molar-refractivity contribution in [3.8, 4) is 11.5 Å². The van der Waals surface area contributed by atoms with Gasteiger partial charge in [0.2, 0.25) is 0 Å². The lowest BCUT2D eigenvalue weighted by molar-refractivity contribution is -0.133. The van der Waals surface area contributed by atoms with Crippen molar-refractivity contribution in [2.75, 3.05) is 0 Å². The van der Waals surface area contributed by atoms with Gasteiger partial charge in [0.1, 0.15) is 16.3 Å². The number of esters is 1. The van der Waals surface area contributed by atoms with Crippen molar-refractivity contribution in [1.82, 2.24) is 0 Å². The predicted molar refractivity (Wildman–Crippen MR) is 52.1 cm³/mol. The molecule has 0 aliphatic carbocycles. The van der Waals surface area contributed by atoms with E-state index in [1.54, 1.807) is 19.1 Å². The second-order valence-electron chi connectivity index (χ2n) is 2.53. The summed E-state index contributed by atoms with van der Waals surface area (Å²) in [6.45, 7) is 1.67. The van der Waals surface area contributed by atoms with Gasteiger partial charge in [0.05, 0.1) is 0 Å². The molecule has 0 spiro atoms. The molecule has 0 saturated carbocycles. The lowest BCUT2D eigenvalue weighted by Crippen LogP contribution is -2.16. The van der Waals surface area contributed by atoms with Crippen LogP contribution in [-0.2, 0) is 4.79 Å². The van der Waals surface area contributed by atoms with E-state index in [1.807, 2.05) is 0 Å². The Bertz CT molecular complexity index is 309. The van der Waals surface area contributed by atoms with Gasteiger partial charge in [-0.2, -0.15) is 0 Å². The van der Waals surface area contributed by atoms with Crippen molar-refractivity contribution >= 4 is 21.9 Å². The molecule has 3 nitrogen and oxygen atoms in total. The summed E-state index contributed by atoms with van der Waals surface area (Å²) in [4.78, 5) is 10.7. The molecule has 13 heavy (non-hydrogen) atoms. The zero-order valence-electron chi connectivity index (χ0n) is 7.03. The standard InChI is InChI=1S/C9H9BrO3/c1-6(10)9(12)13-8-4-2-3-7(11)5-8/h2-6,11H,1H3. The van der Waals surface area contributed by atoms with Gasteiger partial charge < -0.3 is 9.84 Å². The second-order valence-corrected chi connectivity index (χ2v) is 3.91. The van der Waals surface area contributed by atoms with Crippen LogP contribution >= 0.6 is 15.9 Å². The number of phenols is 1. The quantitative estimate of drug-likeness (QED) is 0.493. The van der Waals surface area contributed by atoms with Gasteiger partial charge in [0.15, 0.2) is 0 Å². The van der Waals surface area contributed by atoms with Gasteiger partial charge >= 0.3 is 5.97 Å². The van der Waals surface area contributed by atoms with E-state index in [0.29, 0.717) is 5.75 Å². The highest BCUT2D eigenvalue weighted by molar-refractivity contribution is 9.10. The van der Waals surface area contributed by atoms with E-state index >= 15 is 0 Å². The number of halogens is 1. The van der Waals surface area contributed by atoms with Crippen LogP contribution in [0.1, 0.15) is 6.92 Å². The summed E-state index contributed by atoms with van der Waals surface area (Å²) >= 11 is 3.08. The van der Waals surface area contributed by atoms with Crippen LogP contribution in [0, 0.1) is 0 Å². The normalized spacial score (nSPS) is 12.2. The molecule has 70 valence electrons. The number of benzene rings is 1. The fourth-order valence-electron chi connectivity index (χ4n) is 0.744. The first-order valence-corrected chi connectivity index (χ1v) is 4.66. The fourth-order valence-corrected chi connectivity index (χ4v) is 0.838. The summed E-state index contributed by atoms with van der Waals surface area (Å²) in [6, 6.07) is 6.10. The molecule has 1 aromatic rings. The van der Waals surface area contributed by atoms with E-state index in [2.05, 4.69) is 15.9 Å². The summed E-state index contributed by atoms with van der Waals surface area (Å²) in [7, 11) is 0. The van der Waals surface area contributed by atoms with Crippen LogP contribution in [0.15, 0.2) is 24.3 Å². The van der Waals surface area contributed by atoms with Gasteiger partial charge in [-0.1, -0.05) is 22.0 Å². The van der Waals surface area contributed by atoms with Crippen molar-refractivity contribution in [3.63, 3.8) is 0 Å². The first-order valence-electron chi connectivity index (χ1n) is 3.74. The number of hydrogen-bond acceptors (Lipinski definition) is 3. The Balaban J connectivity index is 2.69. The highest BCUT2D eigenvalue weighted by atomic mass is 79.9. The van der Waals surface area contributed by atoms with Gasteiger partial charge in [-0.3, -0.25) is 4.79 Å². The van der Waals surface area contributed by atoms with Gasteiger partial charge in [0.25, 0.3) is 0 Å². The summed E-state index contributed by atoms with van der Waals surface area (Å²) in [5, 5.41) is 9.06. The number of alkyl halides is 1. The smallest absolute Gasteiger partial charge is 0.324 e. The third-order valence-corrected chi connectivity index (χ3v) is 1.73. The van der Waals surface area contributed by atoms with E-state index in [-0.39, 0.29) is 16.5 Å². The van der Waals surface area contributed by atoms with Gasteiger partial charge in [-0.15, -0.1) is 0 Å². The molecule has 1 aromatic carbocycles. The molecular weight excluding hydrogens is 236 g/mol. The van der Waals surface area contributed by atoms with E-state index in [0.717, 1.165) is 0 Å². The Hall–Kier alpha value is -1.03. The minimum Gasteiger partial charge on any atom is -0.508 e. The van der Waals surface area contributed by atoms with Crippen LogP contribution < -0.4 is 4.74 Å². The Morgan fingerprint density at radius 1 is 1.62 bits per heavy atom. The molecule has 1 atom stereocenters. The molecule has 0 bridgehead atoms. The highest BCUT2D eigenvalue weighted by Gasteiger charge is 2.10. The largest absolute Gasteiger partial charge is 0.508 e. The average Bonchev–Trinajstić information content (AvgIpc) is 2.04. The summed E-state index contributed by atoms with van der Waals surface area (Å²) in [5.41, 5.74) is 0. The van der Waals surface area contributed by atoms with E-state index in [9.17, 15) is 4.79 Å². The molecule has 4 heteroatoms. The highest BCUT2D eigenvalue weighted by Crippen LogP contribution is 2.18. The number of carbonyl (C=O) groups excluding carboxylic acids is 1. The minimum atomic E-state index is -0.384. The Labute approximate surface area is 84.5 Å². The van der Waals surface area contributed by atoms with E-state index < -0.39 is 0 Å². The predicted octanol–water partition coefficient (Wildman–Crippen LogP) is 2.08. The first-order chi connectivity index (χ1) is 6.09. The van der Waals surface area contributed by atoms with Gasteiger partial charge in [0, 0.05) is 6.07 Å². The molecule has 1 rings (SSSR count). The third kappa shape index (κ3) is 3.06. The lowest BCUT2D eigenvalue weighted by atomic mass is 10.3. The van der Waals surface area contributed by atoms with Crippen LogP contribution in [0.4, 0.5) is 0 Å². The van der Waals surface area contributed by atoms with Crippen LogP contribution in [0.25, 0.3) is 0 Å². The fraction of sp³-hybridized carbons (Fsp3) is 0.222.